The van der Waals surface area contributed by atoms with E-state index in [1.807, 2.05) is 29.8 Å². The number of hydrogen-bond acceptors (Lipinski definition) is 3. The first kappa shape index (κ1) is 9.15. The summed E-state index contributed by atoms with van der Waals surface area (Å²) in [7, 11) is 0. The molecule has 0 amide bonds. The second kappa shape index (κ2) is 3.75. The average Bonchev–Trinajstić information content (AvgIpc) is 2.56. The molecule has 0 radical (unpaired) electrons. The van der Waals surface area contributed by atoms with Gasteiger partial charge in [-0.15, -0.1) is 0 Å². The molecule has 0 bridgehead atoms. The van der Waals surface area contributed by atoms with E-state index in [0.717, 1.165) is 24.3 Å². The van der Waals surface area contributed by atoms with Crippen molar-refractivity contribution in [2.75, 3.05) is 6.54 Å². The first-order chi connectivity index (χ1) is 6.79. The lowest BCUT2D eigenvalue weighted by atomic mass is 10.3. The molecule has 0 saturated carbocycles. The molecule has 2 heterocycles. The highest BCUT2D eigenvalue weighted by Gasteiger charge is 2.02. The van der Waals surface area contributed by atoms with E-state index in [1.165, 1.54) is 5.56 Å². The van der Waals surface area contributed by atoms with Crippen molar-refractivity contribution < 1.29 is 0 Å². The van der Waals surface area contributed by atoms with Crippen LogP contribution in [0.4, 0.5) is 0 Å². The number of aromatic nitrogens is 3. The van der Waals surface area contributed by atoms with Crippen LogP contribution < -0.4 is 5.73 Å². The van der Waals surface area contributed by atoms with E-state index in [4.69, 9.17) is 5.73 Å². The number of hydrogen-bond donors (Lipinski definition) is 1. The Labute approximate surface area is 82.8 Å². The predicted octanol–water partition coefficient (Wildman–Crippen LogP) is 0.929. The van der Waals surface area contributed by atoms with Crippen molar-refractivity contribution in [2.45, 2.75) is 19.8 Å². The quantitative estimate of drug-likeness (QED) is 0.783. The molecule has 14 heavy (non-hydrogen) atoms. The van der Waals surface area contributed by atoms with E-state index in [1.54, 1.807) is 0 Å². The molecule has 2 aromatic rings. The Morgan fingerprint density at radius 3 is 3.07 bits per heavy atom. The highest BCUT2D eigenvalue weighted by atomic mass is 15.3. The zero-order valence-corrected chi connectivity index (χ0v) is 8.27. The summed E-state index contributed by atoms with van der Waals surface area (Å²) < 4.78 is 1.82. The van der Waals surface area contributed by atoms with Crippen LogP contribution in [0.25, 0.3) is 5.65 Å². The fraction of sp³-hybridized carbons (Fsp3) is 0.400. The topological polar surface area (TPSA) is 56.2 Å². The van der Waals surface area contributed by atoms with Crippen molar-refractivity contribution in [1.29, 1.82) is 0 Å². The summed E-state index contributed by atoms with van der Waals surface area (Å²) in [6.07, 6.45) is 3.78. The normalized spacial score (nSPS) is 11.0. The number of pyridine rings is 1. The summed E-state index contributed by atoms with van der Waals surface area (Å²) in [5.41, 5.74) is 7.53. The van der Waals surface area contributed by atoms with Crippen molar-refractivity contribution in [2.24, 2.45) is 5.73 Å². The summed E-state index contributed by atoms with van der Waals surface area (Å²) in [5.74, 6) is 0.876. The lowest BCUT2D eigenvalue weighted by Crippen LogP contribution is -2.01. The zero-order chi connectivity index (χ0) is 9.97. The predicted molar refractivity (Wildman–Crippen MR) is 55.1 cm³/mol. The molecule has 0 aliphatic heterocycles. The third kappa shape index (κ3) is 1.75. The van der Waals surface area contributed by atoms with E-state index < -0.39 is 0 Å². The van der Waals surface area contributed by atoms with Crippen molar-refractivity contribution in [3.8, 4) is 0 Å². The molecule has 2 rings (SSSR count). The zero-order valence-electron chi connectivity index (χ0n) is 8.27. The fourth-order valence-electron chi connectivity index (χ4n) is 1.40. The average molecular weight is 190 g/mol. The molecular formula is C10H14N4. The molecule has 0 atom stereocenters. The molecular weight excluding hydrogens is 176 g/mol. The van der Waals surface area contributed by atoms with Gasteiger partial charge >= 0.3 is 0 Å². The number of nitrogens with two attached hydrogens (primary N) is 1. The molecule has 4 heteroatoms. The van der Waals surface area contributed by atoms with Gasteiger partial charge in [-0.1, -0.05) is 6.07 Å². The third-order valence-corrected chi connectivity index (χ3v) is 2.13. The van der Waals surface area contributed by atoms with Gasteiger partial charge in [0.25, 0.3) is 0 Å². The number of rotatable bonds is 3. The van der Waals surface area contributed by atoms with Gasteiger partial charge in [0.15, 0.2) is 11.5 Å². The number of nitrogens with zero attached hydrogens (tertiary/aromatic N) is 3. The highest BCUT2D eigenvalue weighted by Crippen LogP contribution is 2.04. The monoisotopic (exact) mass is 190 g/mol. The number of aryl methyl sites for hydroxylation is 2. The minimum absolute atomic E-state index is 0.689. The van der Waals surface area contributed by atoms with Crippen LogP contribution in [0.5, 0.6) is 0 Å². The van der Waals surface area contributed by atoms with Gasteiger partial charge in [-0.3, -0.25) is 0 Å². The van der Waals surface area contributed by atoms with Crippen molar-refractivity contribution in [1.82, 2.24) is 14.6 Å². The van der Waals surface area contributed by atoms with Crippen LogP contribution in [0.15, 0.2) is 18.3 Å². The van der Waals surface area contributed by atoms with Crippen LogP contribution in [0.2, 0.25) is 0 Å². The van der Waals surface area contributed by atoms with E-state index in [2.05, 4.69) is 10.1 Å². The summed E-state index contributed by atoms with van der Waals surface area (Å²) in [5, 5.41) is 4.36. The third-order valence-electron chi connectivity index (χ3n) is 2.13. The molecule has 74 valence electrons. The summed E-state index contributed by atoms with van der Waals surface area (Å²) in [4.78, 5) is 4.39. The van der Waals surface area contributed by atoms with E-state index in [0.29, 0.717) is 6.54 Å². The second-order valence-corrected chi connectivity index (χ2v) is 3.43. The highest BCUT2D eigenvalue weighted by molar-refractivity contribution is 5.38. The first-order valence-corrected chi connectivity index (χ1v) is 4.81. The van der Waals surface area contributed by atoms with Crippen molar-refractivity contribution in [3.05, 3.63) is 29.7 Å². The van der Waals surface area contributed by atoms with Crippen LogP contribution >= 0.6 is 0 Å². The van der Waals surface area contributed by atoms with Crippen LogP contribution in [-0.4, -0.2) is 21.1 Å². The minimum atomic E-state index is 0.689. The van der Waals surface area contributed by atoms with Gasteiger partial charge < -0.3 is 5.73 Å². The van der Waals surface area contributed by atoms with Gasteiger partial charge in [-0.2, -0.15) is 5.10 Å². The van der Waals surface area contributed by atoms with Gasteiger partial charge in [0.2, 0.25) is 0 Å². The molecule has 0 saturated heterocycles. The summed E-state index contributed by atoms with van der Waals surface area (Å²) in [6, 6.07) is 4.02. The van der Waals surface area contributed by atoms with Gasteiger partial charge in [0.1, 0.15) is 0 Å². The smallest absolute Gasteiger partial charge is 0.155 e. The second-order valence-electron chi connectivity index (χ2n) is 3.43. The minimum Gasteiger partial charge on any atom is -0.330 e. The maximum atomic E-state index is 5.43. The molecule has 0 aliphatic carbocycles. The van der Waals surface area contributed by atoms with Crippen LogP contribution in [0.1, 0.15) is 17.8 Å². The van der Waals surface area contributed by atoms with Gasteiger partial charge in [-0.05, 0) is 31.5 Å². The standard InChI is InChI=1S/C10H14N4/c1-8-4-5-10-12-9(3-2-6-11)13-14(10)7-8/h4-5,7H,2-3,6,11H2,1H3. The summed E-state index contributed by atoms with van der Waals surface area (Å²) >= 11 is 0. The fourth-order valence-corrected chi connectivity index (χ4v) is 1.40. The number of fused-ring (bicyclic) bond motifs is 1. The maximum Gasteiger partial charge on any atom is 0.155 e. The van der Waals surface area contributed by atoms with Gasteiger partial charge in [-0.25, -0.2) is 9.50 Å². The van der Waals surface area contributed by atoms with E-state index >= 15 is 0 Å². The largest absolute Gasteiger partial charge is 0.330 e. The van der Waals surface area contributed by atoms with Gasteiger partial charge in [0.05, 0.1) is 0 Å². The summed E-state index contributed by atoms with van der Waals surface area (Å²) in [6.45, 7) is 2.73. The Morgan fingerprint density at radius 2 is 2.29 bits per heavy atom. The molecule has 2 N–H and O–H groups in total. The Bertz CT molecular complexity index is 433. The molecule has 2 aromatic heterocycles. The van der Waals surface area contributed by atoms with E-state index in [-0.39, 0.29) is 0 Å². The Kier molecular flexibility index (Phi) is 2.45. The molecule has 0 spiro atoms. The van der Waals surface area contributed by atoms with Crippen molar-refractivity contribution >= 4 is 5.65 Å². The molecule has 4 nitrogen and oxygen atoms in total. The van der Waals surface area contributed by atoms with Crippen molar-refractivity contribution in [3.63, 3.8) is 0 Å². The Hall–Kier alpha value is -1.42. The SMILES string of the molecule is Cc1ccc2nc(CCCN)nn2c1. The van der Waals surface area contributed by atoms with E-state index in [9.17, 15) is 0 Å². The molecule has 0 fully saturated rings. The maximum absolute atomic E-state index is 5.43. The molecule has 0 aliphatic rings. The lowest BCUT2D eigenvalue weighted by molar-refractivity contribution is 0.773. The van der Waals surface area contributed by atoms with Crippen LogP contribution in [-0.2, 0) is 6.42 Å². The Balaban J connectivity index is 2.32. The van der Waals surface area contributed by atoms with Gasteiger partial charge in [0, 0.05) is 12.6 Å². The Morgan fingerprint density at radius 1 is 1.43 bits per heavy atom. The lowest BCUT2D eigenvalue weighted by Gasteiger charge is -1.91. The van der Waals surface area contributed by atoms with Crippen LogP contribution in [0.3, 0.4) is 0 Å². The van der Waals surface area contributed by atoms with Crippen LogP contribution in [0, 0.1) is 6.92 Å². The molecule has 0 unspecified atom stereocenters. The first-order valence-electron chi connectivity index (χ1n) is 4.81. The molecule has 0 aromatic carbocycles.